The van der Waals surface area contributed by atoms with Crippen LogP contribution in [0.25, 0.3) is 0 Å². The predicted octanol–water partition coefficient (Wildman–Crippen LogP) is 3.36. The van der Waals surface area contributed by atoms with Gasteiger partial charge in [0.25, 0.3) is 0 Å². The average Bonchev–Trinajstić information content (AvgIpc) is 2.17. The maximum Gasteiger partial charge on any atom is 0.147 e. The van der Waals surface area contributed by atoms with E-state index in [2.05, 4.69) is 15.9 Å². The fourth-order valence-electron chi connectivity index (χ4n) is 1.97. The topological polar surface area (TPSA) is 29.3 Å². The predicted molar refractivity (Wildman–Crippen MR) is 78.0 cm³/mol. The summed E-state index contributed by atoms with van der Waals surface area (Å²) in [6.45, 7) is 1.64. The van der Waals surface area contributed by atoms with Gasteiger partial charge in [-0.15, -0.1) is 24.8 Å². The molecule has 1 aromatic carbocycles. The van der Waals surface area contributed by atoms with Gasteiger partial charge in [-0.3, -0.25) is 0 Å². The highest BCUT2D eigenvalue weighted by Crippen LogP contribution is 2.25. The number of anilines is 1. The molecule has 6 heteroatoms. The Balaban J connectivity index is 0.00000128. The van der Waals surface area contributed by atoms with Crippen molar-refractivity contribution in [3.8, 4) is 0 Å². The zero-order chi connectivity index (χ0) is 10.8. The summed E-state index contributed by atoms with van der Waals surface area (Å²) >= 11 is 3.25. The van der Waals surface area contributed by atoms with Crippen LogP contribution in [0.1, 0.15) is 12.8 Å². The van der Waals surface area contributed by atoms with Crippen LogP contribution in [-0.2, 0) is 0 Å². The van der Waals surface area contributed by atoms with E-state index in [1.807, 2.05) is 11.0 Å². The van der Waals surface area contributed by atoms with Gasteiger partial charge in [-0.25, -0.2) is 4.39 Å². The molecule has 0 aliphatic carbocycles. The van der Waals surface area contributed by atoms with Gasteiger partial charge >= 0.3 is 0 Å². The van der Waals surface area contributed by atoms with E-state index in [-0.39, 0.29) is 36.7 Å². The molecule has 2 N–H and O–H groups in total. The molecule has 1 aliphatic heterocycles. The molecule has 1 aromatic rings. The molecule has 2 rings (SSSR count). The molecule has 1 heterocycles. The highest BCUT2D eigenvalue weighted by molar-refractivity contribution is 9.10. The third kappa shape index (κ3) is 4.28. The largest absolute Gasteiger partial charge is 0.368 e. The van der Waals surface area contributed by atoms with Gasteiger partial charge in [-0.05, 0) is 31.0 Å². The SMILES string of the molecule is Cl.Cl.NC1CCCN(c2ccc(Br)cc2F)C1. The summed E-state index contributed by atoms with van der Waals surface area (Å²) < 4.78 is 14.4. The lowest BCUT2D eigenvalue weighted by Crippen LogP contribution is -2.43. The smallest absolute Gasteiger partial charge is 0.147 e. The zero-order valence-corrected chi connectivity index (χ0v) is 12.5. The quantitative estimate of drug-likeness (QED) is 0.845. The van der Waals surface area contributed by atoms with Crippen molar-refractivity contribution in [1.82, 2.24) is 0 Å². The summed E-state index contributed by atoms with van der Waals surface area (Å²) in [4.78, 5) is 2.02. The molecule has 1 fully saturated rings. The van der Waals surface area contributed by atoms with Gasteiger partial charge in [0, 0.05) is 23.6 Å². The number of piperidine rings is 1. The van der Waals surface area contributed by atoms with Crippen molar-refractivity contribution in [2.24, 2.45) is 5.73 Å². The Morgan fingerprint density at radius 1 is 1.35 bits per heavy atom. The monoisotopic (exact) mass is 344 g/mol. The van der Waals surface area contributed by atoms with E-state index in [0.717, 1.165) is 30.4 Å². The number of hydrogen-bond donors (Lipinski definition) is 1. The lowest BCUT2D eigenvalue weighted by atomic mass is 10.1. The van der Waals surface area contributed by atoms with Crippen LogP contribution in [0, 0.1) is 5.82 Å². The highest BCUT2D eigenvalue weighted by Gasteiger charge is 2.19. The third-order valence-electron chi connectivity index (χ3n) is 2.71. The number of nitrogens with two attached hydrogens (primary N) is 1. The van der Waals surface area contributed by atoms with Gasteiger partial charge in [0.15, 0.2) is 0 Å². The molecule has 2 nitrogen and oxygen atoms in total. The van der Waals surface area contributed by atoms with E-state index >= 15 is 0 Å². The number of hydrogen-bond acceptors (Lipinski definition) is 2. The molecule has 0 amide bonds. The standard InChI is InChI=1S/C11H14BrFN2.2ClH/c12-8-3-4-11(10(13)6-8)15-5-1-2-9(14)7-15;;/h3-4,6,9H,1-2,5,7,14H2;2*1H. The van der Waals surface area contributed by atoms with Crippen LogP contribution in [0.2, 0.25) is 0 Å². The van der Waals surface area contributed by atoms with Gasteiger partial charge in [-0.2, -0.15) is 0 Å². The lowest BCUT2D eigenvalue weighted by molar-refractivity contribution is 0.498. The first-order valence-corrected chi connectivity index (χ1v) is 5.91. The summed E-state index contributed by atoms with van der Waals surface area (Å²) in [5.41, 5.74) is 6.53. The van der Waals surface area contributed by atoms with Crippen LogP contribution < -0.4 is 10.6 Å². The molecular weight excluding hydrogens is 330 g/mol. The molecule has 0 radical (unpaired) electrons. The number of nitrogens with zero attached hydrogens (tertiary/aromatic N) is 1. The molecular formula is C11H16BrCl2FN2. The van der Waals surface area contributed by atoms with Gasteiger partial charge in [0.1, 0.15) is 5.82 Å². The molecule has 98 valence electrons. The summed E-state index contributed by atoms with van der Waals surface area (Å²) in [5.74, 6) is -0.182. The van der Waals surface area contributed by atoms with E-state index < -0.39 is 0 Å². The summed E-state index contributed by atoms with van der Waals surface area (Å²) in [7, 11) is 0. The molecule has 17 heavy (non-hydrogen) atoms. The van der Waals surface area contributed by atoms with Crippen molar-refractivity contribution < 1.29 is 4.39 Å². The molecule has 0 saturated carbocycles. The van der Waals surface area contributed by atoms with E-state index in [9.17, 15) is 4.39 Å². The van der Waals surface area contributed by atoms with Crippen molar-refractivity contribution in [2.75, 3.05) is 18.0 Å². The van der Waals surface area contributed by atoms with Crippen molar-refractivity contribution in [2.45, 2.75) is 18.9 Å². The van der Waals surface area contributed by atoms with Crippen LogP contribution in [0.3, 0.4) is 0 Å². The van der Waals surface area contributed by atoms with Gasteiger partial charge in [0.2, 0.25) is 0 Å². The van der Waals surface area contributed by atoms with Crippen LogP contribution in [0.15, 0.2) is 22.7 Å². The minimum absolute atomic E-state index is 0. The van der Waals surface area contributed by atoms with Crippen LogP contribution in [-0.4, -0.2) is 19.1 Å². The molecule has 0 aromatic heterocycles. The van der Waals surface area contributed by atoms with Gasteiger partial charge in [0.05, 0.1) is 5.69 Å². The first-order chi connectivity index (χ1) is 7.16. The maximum absolute atomic E-state index is 13.6. The minimum atomic E-state index is -0.182. The molecule has 0 bridgehead atoms. The maximum atomic E-state index is 13.6. The fourth-order valence-corrected chi connectivity index (χ4v) is 2.30. The van der Waals surface area contributed by atoms with Crippen LogP contribution >= 0.6 is 40.7 Å². The second-order valence-corrected chi connectivity index (χ2v) is 4.86. The number of halogens is 4. The minimum Gasteiger partial charge on any atom is -0.368 e. The molecule has 1 saturated heterocycles. The number of benzene rings is 1. The molecule has 0 spiro atoms. The van der Waals surface area contributed by atoms with Gasteiger partial charge in [-0.1, -0.05) is 15.9 Å². The first-order valence-electron chi connectivity index (χ1n) is 5.12. The lowest BCUT2D eigenvalue weighted by Gasteiger charge is -2.32. The summed E-state index contributed by atoms with van der Waals surface area (Å²) in [6, 6.07) is 5.33. The molecule has 1 unspecified atom stereocenters. The summed E-state index contributed by atoms with van der Waals surface area (Å²) in [6.07, 6.45) is 2.07. The Labute approximate surface area is 122 Å². The van der Waals surface area contributed by atoms with Crippen molar-refractivity contribution in [3.63, 3.8) is 0 Å². The van der Waals surface area contributed by atoms with Crippen molar-refractivity contribution >= 4 is 46.4 Å². The van der Waals surface area contributed by atoms with Crippen LogP contribution in [0.4, 0.5) is 10.1 Å². The third-order valence-corrected chi connectivity index (χ3v) is 3.20. The van der Waals surface area contributed by atoms with E-state index in [1.54, 1.807) is 6.07 Å². The van der Waals surface area contributed by atoms with E-state index in [4.69, 9.17) is 5.73 Å². The summed E-state index contributed by atoms with van der Waals surface area (Å²) in [5, 5.41) is 0. The van der Waals surface area contributed by atoms with Crippen molar-refractivity contribution in [3.05, 3.63) is 28.5 Å². The number of rotatable bonds is 1. The Kier molecular flexibility index (Phi) is 7.40. The van der Waals surface area contributed by atoms with E-state index in [1.165, 1.54) is 6.07 Å². The zero-order valence-electron chi connectivity index (χ0n) is 9.23. The second kappa shape index (κ2) is 7.41. The Morgan fingerprint density at radius 2 is 2.06 bits per heavy atom. The Morgan fingerprint density at radius 3 is 2.65 bits per heavy atom. The fraction of sp³-hybridized carbons (Fsp3) is 0.455. The second-order valence-electron chi connectivity index (χ2n) is 3.94. The normalized spacial score (nSPS) is 19.2. The Bertz CT molecular complexity index is 365. The average molecular weight is 346 g/mol. The first kappa shape index (κ1) is 17.0. The van der Waals surface area contributed by atoms with E-state index in [0.29, 0.717) is 5.69 Å². The van der Waals surface area contributed by atoms with Crippen molar-refractivity contribution in [1.29, 1.82) is 0 Å². The molecule has 1 aliphatic rings. The highest BCUT2D eigenvalue weighted by atomic mass is 79.9. The van der Waals surface area contributed by atoms with Crippen LogP contribution in [0.5, 0.6) is 0 Å². The Hall–Kier alpha value is -0.0300. The molecule has 1 atom stereocenters. The van der Waals surface area contributed by atoms with Gasteiger partial charge < -0.3 is 10.6 Å².